The Labute approximate surface area is 164 Å². The zero-order valence-corrected chi connectivity index (χ0v) is 15.6. The van der Waals surface area contributed by atoms with Gasteiger partial charge in [-0.15, -0.1) is 0 Å². The second-order valence-electron chi connectivity index (χ2n) is 6.66. The lowest BCUT2D eigenvalue weighted by molar-refractivity contribution is -0.136. The van der Waals surface area contributed by atoms with Crippen molar-refractivity contribution in [2.45, 2.75) is 19.3 Å². The summed E-state index contributed by atoms with van der Waals surface area (Å²) in [7, 11) is 0. The summed E-state index contributed by atoms with van der Waals surface area (Å²) >= 11 is 0. The van der Waals surface area contributed by atoms with Crippen molar-refractivity contribution < 1.29 is 14.3 Å². The van der Waals surface area contributed by atoms with Gasteiger partial charge in [-0.2, -0.15) is 10.2 Å². The minimum Gasteiger partial charge on any atom is -0.381 e. The number of nitrogens with zero attached hydrogens (tertiary/aromatic N) is 2. The van der Waals surface area contributed by atoms with Crippen molar-refractivity contribution in [1.82, 2.24) is 5.32 Å². The van der Waals surface area contributed by atoms with Crippen LogP contribution >= 0.6 is 0 Å². The maximum Gasteiger partial charge on any atom is 0.313 e. The van der Waals surface area contributed by atoms with Crippen LogP contribution in [-0.2, 0) is 14.3 Å². The van der Waals surface area contributed by atoms with Gasteiger partial charge in [0.25, 0.3) is 0 Å². The van der Waals surface area contributed by atoms with E-state index in [0.717, 1.165) is 18.2 Å². The van der Waals surface area contributed by atoms with Crippen LogP contribution in [0, 0.1) is 5.92 Å². The summed E-state index contributed by atoms with van der Waals surface area (Å²) in [6.45, 7) is 1.81. The van der Waals surface area contributed by atoms with Gasteiger partial charge < -0.3 is 15.4 Å². The van der Waals surface area contributed by atoms with Crippen molar-refractivity contribution in [2.75, 3.05) is 25.1 Å². The van der Waals surface area contributed by atoms with Crippen LogP contribution in [0.25, 0.3) is 0 Å². The van der Waals surface area contributed by atoms with Gasteiger partial charge in [0.15, 0.2) is 0 Å². The maximum atomic E-state index is 11.9. The zero-order valence-electron chi connectivity index (χ0n) is 15.6. The highest BCUT2D eigenvalue weighted by Crippen LogP contribution is 2.28. The molecule has 1 aliphatic rings. The minimum absolute atomic E-state index is 0.412. The standard InChI is InChI=1S/C21H24N4O3/c26-20(22-13-4-14-28-15-16-7-8-16)21(27)23-17-9-11-19(12-10-17)25-24-18-5-2-1-3-6-18/h1-3,5-6,9-12,16H,4,7-8,13-15H2,(H,22,26)(H,23,27). The molecular formula is C21H24N4O3. The van der Waals surface area contributed by atoms with Crippen molar-refractivity contribution >= 4 is 28.9 Å². The quantitative estimate of drug-likeness (QED) is 0.392. The number of rotatable bonds is 9. The first kappa shape index (κ1) is 19.7. The molecule has 0 heterocycles. The number of carbonyl (C=O) groups is 2. The molecule has 1 aliphatic carbocycles. The molecule has 3 rings (SSSR count). The maximum absolute atomic E-state index is 11.9. The number of benzene rings is 2. The molecule has 1 saturated carbocycles. The molecule has 1 fully saturated rings. The molecule has 2 aromatic carbocycles. The Morgan fingerprint density at radius 2 is 1.61 bits per heavy atom. The van der Waals surface area contributed by atoms with E-state index in [-0.39, 0.29) is 0 Å². The van der Waals surface area contributed by atoms with Crippen molar-refractivity contribution in [1.29, 1.82) is 0 Å². The Balaban J connectivity index is 1.37. The Morgan fingerprint density at radius 1 is 0.929 bits per heavy atom. The SMILES string of the molecule is O=C(NCCCOCC1CC1)C(=O)Nc1ccc(N=Nc2ccccc2)cc1. The fourth-order valence-electron chi connectivity index (χ4n) is 2.40. The molecular weight excluding hydrogens is 356 g/mol. The monoisotopic (exact) mass is 380 g/mol. The van der Waals surface area contributed by atoms with Gasteiger partial charge in [0, 0.05) is 25.4 Å². The lowest BCUT2D eigenvalue weighted by atomic mass is 10.3. The summed E-state index contributed by atoms with van der Waals surface area (Å²) < 4.78 is 5.49. The predicted molar refractivity (Wildman–Crippen MR) is 107 cm³/mol. The third kappa shape index (κ3) is 6.92. The van der Waals surface area contributed by atoms with Crippen LogP contribution in [-0.4, -0.2) is 31.6 Å². The van der Waals surface area contributed by atoms with Gasteiger partial charge in [-0.25, -0.2) is 0 Å². The van der Waals surface area contributed by atoms with E-state index < -0.39 is 11.8 Å². The Hall–Kier alpha value is -3.06. The molecule has 0 unspecified atom stereocenters. The summed E-state index contributed by atoms with van der Waals surface area (Å²) in [5.41, 5.74) is 1.93. The number of hydrogen-bond acceptors (Lipinski definition) is 5. The first-order valence-electron chi connectivity index (χ1n) is 9.44. The number of anilines is 1. The van der Waals surface area contributed by atoms with E-state index in [4.69, 9.17) is 4.74 Å². The van der Waals surface area contributed by atoms with E-state index in [9.17, 15) is 9.59 Å². The lowest BCUT2D eigenvalue weighted by Crippen LogP contribution is -2.36. The number of ether oxygens (including phenoxy) is 1. The number of hydrogen-bond donors (Lipinski definition) is 2. The van der Waals surface area contributed by atoms with Gasteiger partial charge >= 0.3 is 11.8 Å². The van der Waals surface area contributed by atoms with Gasteiger partial charge in [0.05, 0.1) is 11.4 Å². The predicted octanol–water partition coefficient (Wildman–Crippen LogP) is 3.97. The molecule has 0 spiro atoms. The van der Waals surface area contributed by atoms with Crippen molar-refractivity contribution in [3.05, 3.63) is 54.6 Å². The molecule has 2 N–H and O–H groups in total. The van der Waals surface area contributed by atoms with Gasteiger partial charge in [-0.1, -0.05) is 18.2 Å². The molecule has 2 aromatic rings. The van der Waals surface area contributed by atoms with Gasteiger partial charge in [-0.05, 0) is 61.6 Å². The summed E-state index contributed by atoms with van der Waals surface area (Å²) in [5, 5.41) is 13.4. The molecule has 0 aromatic heterocycles. The van der Waals surface area contributed by atoms with Crippen molar-refractivity contribution in [3.8, 4) is 0 Å². The van der Waals surface area contributed by atoms with E-state index in [1.165, 1.54) is 12.8 Å². The molecule has 0 bridgehead atoms. The van der Waals surface area contributed by atoms with Crippen LogP contribution in [0.4, 0.5) is 17.1 Å². The number of nitrogens with one attached hydrogen (secondary N) is 2. The number of amides is 2. The van der Waals surface area contributed by atoms with E-state index >= 15 is 0 Å². The summed E-state index contributed by atoms with van der Waals surface area (Å²) in [6.07, 6.45) is 3.20. The van der Waals surface area contributed by atoms with Crippen LogP contribution < -0.4 is 10.6 Å². The van der Waals surface area contributed by atoms with E-state index in [2.05, 4.69) is 20.9 Å². The lowest BCUT2D eigenvalue weighted by Gasteiger charge is -2.07. The normalized spacial score (nSPS) is 13.4. The molecule has 0 atom stereocenters. The van der Waals surface area contributed by atoms with Crippen LogP contribution in [0.3, 0.4) is 0 Å². The average Bonchev–Trinajstić information content (AvgIpc) is 3.55. The van der Waals surface area contributed by atoms with Crippen LogP contribution in [0.5, 0.6) is 0 Å². The largest absolute Gasteiger partial charge is 0.381 e. The van der Waals surface area contributed by atoms with Crippen molar-refractivity contribution in [3.63, 3.8) is 0 Å². The molecule has 28 heavy (non-hydrogen) atoms. The minimum atomic E-state index is -0.697. The summed E-state index contributed by atoms with van der Waals surface area (Å²) in [5.74, 6) is -0.626. The van der Waals surface area contributed by atoms with Crippen LogP contribution in [0.2, 0.25) is 0 Å². The number of azo groups is 1. The second kappa shape index (κ2) is 10.3. The average molecular weight is 380 g/mol. The Kier molecular flexibility index (Phi) is 7.26. The van der Waals surface area contributed by atoms with E-state index in [1.54, 1.807) is 24.3 Å². The molecule has 0 saturated heterocycles. The smallest absolute Gasteiger partial charge is 0.313 e. The highest BCUT2D eigenvalue weighted by Gasteiger charge is 2.20. The number of carbonyl (C=O) groups excluding carboxylic acids is 2. The first-order valence-corrected chi connectivity index (χ1v) is 9.44. The van der Waals surface area contributed by atoms with Gasteiger partial charge in [0.2, 0.25) is 0 Å². The fraction of sp³-hybridized carbons (Fsp3) is 0.333. The third-order valence-corrected chi connectivity index (χ3v) is 4.17. The summed E-state index contributed by atoms with van der Waals surface area (Å²) in [6, 6.07) is 16.2. The van der Waals surface area contributed by atoms with Crippen LogP contribution in [0.1, 0.15) is 19.3 Å². The van der Waals surface area contributed by atoms with E-state index in [0.29, 0.717) is 30.9 Å². The third-order valence-electron chi connectivity index (χ3n) is 4.17. The molecule has 2 amide bonds. The van der Waals surface area contributed by atoms with Gasteiger partial charge in [0.1, 0.15) is 0 Å². The fourth-order valence-corrected chi connectivity index (χ4v) is 2.40. The highest BCUT2D eigenvalue weighted by atomic mass is 16.5. The molecule has 7 nitrogen and oxygen atoms in total. The van der Waals surface area contributed by atoms with Gasteiger partial charge in [-0.3, -0.25) is 9.59 Å². The zero-order chi connectivity index (χ0) is 19.6. The van der Waals surface area contributed by atoms with Crippen molar-refractivity contribution in [2.24, 2.45) is 16.1 Å². The second-order valence-corrected chi connectivity index (χ2v) is 6.66. The Bertz CT molecular complexity index is 802. The van der Waals surface area contributed by atoms with Crippen LogP contribution in [0.15, 0.2) is 64.8 Å². The topological polar surface area (TPSA) is 92.1 Å². The molecule has 7 heteroatoms. The molecule has 0 radical (unpaired) electrons. The van der Waals surface area contributed by atoms with E-state index in [1.807, 2.05) is 30.3 Å². The summed E-state index contributed by atoms with van der Waals surface area (Å²) in [4.78, 5) is 23.8. The Morgan fingerprint density at radius 3 is 2.29 bits per heavy atom. The first-order chi connectivity index (χ1) is 13.7. The highest BCUT2D eigenvalue weighted by molar-refractivity contribution is 6.39. The molecule has 146 valence electrons. The molecule has 0 aliphatic heterocycles.